The van der Waals surface area contributed by atoms with Gasteiger partial charge in [0.2, 0.25) is 5.91 Å². The third-order valence-electron chi connectivity index (χ3n) is 5.66. The Labute approximate surface area is 210 Å². The first kappa shape index (κ1) is 26.3. The number of aromatic nitrogens is 1. The van der Waals surface area contributed by atoms with E-state index in [9.17, 15) is 9.18 Å². The van der Waals surface area contributed by atoms with Crippen LogP contribution in [0.5, 0.6) is 0 Å². The number of rotatable bonds is 9. The Bertz CT molecular complexity index is 1100. The Morgan fingerprint density at radius 2 is 1.91 bits per heavy atom. The van der Waals surface area contributed by atoms with Gasteiger partial charge in [-0.1, -0.05) is 11.6 Å². The highest BCUT2D eigenvalue weighted by atomic mass is 35.5. The number of allylic oxidation sites excluding steroid dienone is 1. The summed E-state index contributed by atoms with van der Waals surface area (Å²) in [4.78, 5) is 21.2. The van der Waals surface area contributed by atoms with E-state index < -0.39 is 5.82 Å². The minimum atomic E-state index is -0.504. The number of halogens is 2. The molecule has 11 heteroatoms. The van der Waals surface area contributed by atoms with E-state index in [1.807, 2.05) is 0 Å². The molecule has 7 N–H and O–H groups in total. The predicted molar refractivity (Wildman–Crippen MR) is 139 cm³/mol. The lowest BCUT2D eigenvalue weighted by Crippen LogP contribution is -2.45. The number of anilines is 2. The average molecular weight is 503 g/mol. The van der Waals surface area contributed by atoms with Gasteiger partial charge >= 0.3 is 0 Å². The first-order valence-electron chi connectivity index (χ1n) is 11.3. The van der Waals surface area contributed by atoms with Crippen LogP contribution in [0.2, 0.25) is 5.02 Å². The van der Waals surface area contributed by atoms with Crippen LogP contribution >= 0.6 is 11.6 Å². The lowest BCUT2D eigenvalue weighted by atomic mass is 10.1. The molecule has 0 radical (unpaired) electrons. The van der Waals surface area contributed by atoms with E-state index in [2.05, 4.69) is 37.8 Å². The molecular formula is C24H32ClFN8O. The number of nitrogens with zero attached hydrogens (tertiary/aromatic N) is 3. The summed E-state index contributed by atoms with van der Waals surface area (Å²) in [5.41, 5.74) is 13.5. The van der Waals surface area contributed by atoms with Gasteiger partial charge in [0, 0.05) is 80.4 Å². The summed E-state index contributed by atoms with van der Waals surface area (Å²) in [5, 5.41) is 9.18. The Kier molecular flexibility index (Phi) is 9.30. The zero-order chi connectivity index (χ0) is 25.4. The Morgan fingerprint density at radius 3 is 2.63 bits per heavy atom. The van der Waals surface area contributed by atoms with Crippen molar-refractivity contribution >= 4 is 34.7 Å². The van der Waals surface area contributed by atoms with Crippen molar-refractivity contribution in [1.82, 2.24) is 20.1 Å². The van der Waals surface area contributed by atoms with Crippen molar-refractivity contribution in [1.29, 1.82) is 0 Å². The molecule has 188 valence electrons. The Balaban J connectivity index is 1.67. The number of piperazine rings is 1. The number of nitrogens with two attached hydrogens (primary N) is 2. The first-order chi connectivity index (χ1) is 16.7. The van der Waals surface area contributed by atoms with Gasteiger partial charge < -0.3 is 37.2 Å². The SMILES string of the molecule is CN/C(N)=C(/C=C(\N)c1cc(Cl)ccc1F)Nc1ccnc(NC(=O)CCN2CCN(C)CC2)c1. The van der Waals surface area contributed by atoms with E-state index in [-0.39, 0.29) is 23.0 Å². The second-order valence-electron chi connectivity index (χ2n) is 8.30. The summed E-state index contributed by atoms with van der Waals surface area (Å²) in [6, 6.07) is 7.53. The van der Waals surface area contributed by atoms with Crippen LogP contribution in [0.25, 0.3) is 5.70 Å². The second-order valence-corrected chi connectivity index (χ2v) is 8.74. The van der Waals surface area contributed by atoms with E-state index in [1.165, 1.54) is 24.3 Å². The normalized spacial score (nSPS) is 15.9. The van der Waals surface area contributed by atoms with E-state index >= 15 is 0 Å². The number of pyridine rings is 1. The van der Waals surface area contributed by atoms with Crippen LogP contribution < -0.4 is 27.4 Å². The summed E-state index contributed by atoms with van der Waals surface area (Å²) in [6.07, 6.45) is 3.45. The fourth-order valence-electron chi connectivity index (χ4n) is 3.54. The van der Waals surface area contributed by atoms with E-state index in [4.69, 9.17) is 23.1 Å². The molecule has 1 fully saturated rings. The van der Waals surface area contributed by atoms with Gasteiger partial charge in [-0.05, 0) is 37.4 Å². The molecule has 0 saturated carbocycles. The molecule has 0 bridgehead atoms. The lowest BCUT2D eigenvalue weighted by molar-refractivity contribution is -0.116. The summed E-state index contributed by atoms with van der Waals surface area (Å²) in [7, 11) is 3.75. The molecule has 1 saturated heterocycles. The molecule has 0 spiro atoms. The van der Waals surface area contributed by atoms with Crippen molar-refractivity contribution in [2.24, 2.45) is 11.5 Å². The smallest absolute Gasteiger partial charge is 0.226 e. The zero-order valence-electron chi connectivity index (χ0n) is 19.9. The molecule has 1 aliphatic rings. The fraction of sp³-hybridized carbons (Fsp3) is 0.333. The highest BCUT2D eigenvalue weighted by Crippen LogP contribution is 2.22. The van der Waals surface area contributed by atoms with Gasteiger partial charge in [-0.2, -0.15) is 0 Å². The number of hydrogen-bond acceptors (Lipinski definition) is 8. The Hall–Kier alpha value is -3.34. The highest BCUT2D eigenvalue weighted by molar-refractivity contribution is 6.30. The number of hydrogen-bond donors (Lipinski definition) is 5. The van der Waals surface area contributed by atoms with Gasteiger partial charge in [0.25, 0.3) is 0 Å². The first-order valence-corrected chi connectivity index (χ1v) is 11.7. The van der Waals surface area contributed by atoms with Crippen molar-refractivity contribution in [3.8, 4) is 0 Å². The van der Waals surface area contributed by atoms with E-state index in [1.54, 1.807) is 25.4 Å². The highest BCUT2D eigenvalue weighted by Gasteiger charge is 2.15. The number of carbonyl (C=O) groups is 1. The maximum atomic E-state index is 14.2. The molecule has 35 heavy (non-hydrogen) atoms. The minimum absolute atomic E-state index is 0.111. The van der Waals surface area contributed by atoms with Gasteiger partial charge in [0.05, 0.1) is 5.70 Å². The topological polar surface area (TPSA) is 125 Å². The van der Waals surface area contributed by atoms with Crippen LogP contribution in [0.15, 0.2) is 54.1 Å². The zero-order valence-corrected chi connectivity index (χ0v) is 20.7. The van der Waals surface area contributed by atoms with Crippen molar-refractivity contribution in [3.05, 3.63) is 70.5 Å². The number of nitrogens with one attached hydrogen (secondary N) is 3. The Morgan fingerprint density at radius 1 is 1.17 bits per heavy atom. The van der Waals surface area contributed by atoms with Crippen LogP contribution in [-0.2, 0) is 4.79 Å². The summed E-state index contributed by atoms with van der Waals surface area (Å²) in [5.74, 6) is 0.0687. The van der Waals surface area contributed by atoms with Crippen LogP contribution in [-0.4, -0.2) is 67.5 Å². The minimum Gasteiger partial charge on any atom is -0.398 e. The quantitative estimate of drug-likeness (QED) is 0.331. The molecule has 0 aliphatic carbocycles. The number of likely N-dealkylation sites (N-methyl/N-ethyl adjacent to an activating group) is 1. The van der Waals surface area contributed by atoms with Gasteiger partial charge in [-0.25, -0.2) is 9.37 Å². The molecular weight excluding hydrogens is 471 g/mol. The number of amides is 1. The van der Waals surface area contributed by atoms with Gasteiger partial charge in [0.15, 0.2) is 0 Å². The van der Waals surface area contributed by atoms with Gasteiger partial charge in [-0.3, -0.25) is 4.79 Å². The summed E-state index contributed by atoms with van der Waals surface area (Å²) >= 11 is 5.99. The molecule has 2 heterocycles. The molecule has 1 amide bonds. The van der Waals surface area contributed by atoms with Crippen LogP contribution in [0, 0.1) is 5.82 Å². The van der Waals surface area contributed by atoms with E-state index in [0.717, 1.165) is 26.2 Å². The van der Waals surface area contributed by atoms with Crippen molar-refractivity contribution in [2.45, 2.75) is 6.42 Å². The maximum absolute atomic E-state index is 14.2. The van der Waals surface area contributed by atoms with Gasteiger partial charge in [0.1, 0.15) is 17.5 Å². The third-order valence-corrected chi connectivity index (χ3v) is 5.89. The van der Waals surface area contributed by atoms with Gasteiger partial charge in [-0.15, -0.1) is 0 Å². The predicted octanol–water partition coefficient (Wildman–Crippen LogP) is 2.21. The average Bonchev–Trinajstić information content (AvgIpc) is 2.84. The van der Waals surface area contributed by atoms with Crippen LogP contribution in [0.4, 0.5) is 15.9 Å². The molecule has 3 rings (SSSR count). The summed E-state index contributed by atoms with van der Waals surface area (Å²) in [6.45, 7) is 4.63. The van der Waals surface area contributed by atoms with Crippen molar-refractivity contribution < 1.29 is 9.18 Å². The van der Waals surface area contributed by atoms with Crippen LogP contribution in [0.3, 0.4) is 0 Å². The molecule has 0 unspecified atom stereocenters. The number of benzene rings is 1. The monoisotopic (exact) mass is 502 g/mol. The maximum Gasteiger partial charge on any atom is 0.226 e. The molecule has 1 aromatic heterocycles. The lowest BCUT2D eigenvalue weighted by Gasteiger charge is -2.32. The molecule has 1 aliphatic heterocycles. The van der Waals surface area contributed by atoms with Crippen molar-refractivity contribution in [2.75, 3.05) is 57.5 Å². The van der Waals surface area contributed by atoms with Crippen molar-refractivity contribution in [3.63, 3.8) is 0 Å². The molecule has 2 aromatic rings. The second kappa shape index (κ2) is 12.4. The standard InChI is InChI=1S/C24H32ClFN8O/c1-29-24(28)21(15-20(27)18-13-16(25)3-4-19(18)26)31-17-5-7-30-22(14-17)32-23(35)6-8-34-11-9-33(2)10-12-34/h3-5,7,13-15,29H,6,8-12,27-28H2,1-2H3,(H2,30,31,32,35)/b20-15-,24-21-. The third kappa shape index (κ3) is 7.84. The van der Waals surface area contributed by atoms with Crippen LogP contribution in [0.1, 0.15) is 12.0 Å². The van der Waals surface area contributed by atoms with E-state index in [0.29, 0.717) is 35.2 Å². The molecule has 0 atom stereocenters. The fourth-order valence-corrected chi connectivity index (χ4v) is 3.71. The largest absolute Gasteiger partial charge is 0.398 e. The molecule has 9 nitrogen and oxygen atoms in total. The molecule has 1 aromatic carbocycles. The number of carbonyl (C=O) groups excluding carboxylic acids is 1. The summed E-state index contributed by atoms with van der Waals surface area (Å²) < 4.78 is 14.2.